The van der Waals surface area contributed by atoms with E-state index in [1.165, 1.54) is 26.9 Å². The minimum absolute atomic E-state index is 0. The maximum Gasteiger partial charge on any atom is 0.0774 e. The first-order chi connectivity index (χ1) is 12.7. The van der Waals surface area contributed by atoms with Crippen LogP contribution in [0.3, 0.4) is 0 Å². The Balaban J connectivity index is 0.00000210. The summed E-state index contributed by atoms with van der Waals surface area (Å²) in [4.78, 5) is 6.12. The van der Waals surface area contributed by atoms with E-state index < -0.39 is 0 Å². The van der Waals surface area contributed by atoms with Crippen LogP contribution in [0, 0.1) is 6.92 Å². The molecule has 1 aromatic heterocycles. The zero-order valence-electron chi connectivity index (χ0n) is 15.7. The van der Waals surface area contributed by atoms with Gasteiger partial charge in [0.15, 0.2) is 0 Å². The van der Waals surface area contributed by atoms with Gasteiger partial charge in [-0.3, -0.25) is 4.90 Å². The smallest absolute Gasteiger partial charge is 0.0774 e. The molecule has 0 unspecified atom stereocenters. The van der Waals surface area contributed by atoms with Crippen molar-refractivity contribution < 1.29 is 5.11 Å². The number of piperazine rings is 1. The van der Waals surface area contributed by atoms with Crippen molar-refractivity contribution in [1.82, 2.24) is 4.90 Å². The Labute approximate surface area is 171 Å². The molecule has 2 aromatic carbocycles. The number of hydrogen-bond donors (Lipinski definition) is 1. The molecule has 144 valence electrons. The highest BCUT2D eigenvalue weighted by Gasteiger charge is 2.19. The Hall–Kier alpha value is -1.59. The third-order valence-corrected chi connectivity index (χ3v) is 6.38. The van der Waals surface area contributed by atoms with Gasteiger partial charge in [0.2, 0.25) is 0 Å². The van der Waals surface area contributed by atoms with Crippen LogP contribution in [0.5, 0.6) is 0 Å². The van der Waals surface area contributed by atoms with Crippen LogP contribution in [0.2, 0.25) is 0 Å². The van der Waals surface area contributed by atoms with Crippen LogP contribution in [0.4, 0.5) is 5.69 Å². The lowest BCUT2D eigenvalue weighted by Gasteiger charge is -2.36. The van der Waals surface area contributed by atoms with Gasteiger partial charge in [-0.05, 0) is 37.1 Å². The number of benzene rings is 2. The van der Waals surface area contributed by atoms with Gasteiger partial charge in [-0.25, -0.2) is 0 Å². The molecular formula is C22H27ClN2OS. The summed E-state index contributed by atoms with van der Waals surface area (Å²) in [7, 11) is 0. The van der Waals surface area contributed by atoms with Gasteiger partial charge in [-0.2, -0.15) is 0 Å². The molecule has 0 spiro atoms. The minimum atomic E-state index is 0. The van der Waals surface area contributed by atoms with E-state index in [1.54, 1.807) is 11.3 Å². The fourth-order valence-electron chi connectivity index (χ4n) is 3.71. The maximum absolute atomic E-state index is 9.43. The molecule has 2 heterocycles. The second-order valence-corrected chi connectivity index (χ2v) is 8.29. The van der Waals surface area contributed by atoms with Gasteiger partial charge < -0.3 is 10.0 Å². The number of aryl methyl sites for hydroxylation is 1. The van der Waals surface area contributed by atoms with Crippen LogP contribution in [0.25, 0.3) is 10.1 Å². The number of anilines is 1. The van der Waals surface area contributed by atoms with Crippen LogP contribution in [0.1, 0.15) is 16.0 Å². The molecule has 1 saturated heterocycles. The van der Waals surface area contributed by atoms with Crippen molar-refractivity contribution in [2.75, 3.05) is 37.6 Å². The van der Waals surface area contributed by atoms with Gasteiger partial charge in [0.25, 0.3) is 0 Å². The van der Waals surface area contributed by atoms with Crippen LogP contribution in [-0.2, 0) is 13.0 Å². The van der Waals surface area contributed by atoms with Crippen LogP contribution in [-0.4, -0.2) is 42.7 Å². The summed E-state index contributed by atoms with van der Waals surface area (Å²) < 4.78 is 1.27. The Morgan fingerprint density at radius 3 is 2.44 bits per heavy atom. The quantitative estimate of drug-likeness (QED) is 0.681. The average molecular weight is 403 g/mol. The Morgan fingerprint density at radius 2 is 1.74 bits per heavy atom. The number of thiophene rings is 1. The zero-order chi connectivity index (χ0) is 17.9. The molecule has 3 aromatic rings. The van der Waals surface area contributed by atoms with E-state index in [1.807, 2.05) is 0 Å². The maximum atomic E-state index is 9.43. The largest absolute Gasteiger partial charge is 0.391 e. The van der Waals surface area contributed by atoms with E-state index in [4.69, 9.17) is 0 Å². The Morgan fingerprint density at radius 1 is 1.00 bits per heavy atom. The van der Waals surface area contributed by atoms with Crippen LogP contribution < -0.4 is 4.90 Å². The summed E-state index contributed by atoms with van der Waals surface area (Å²) in [6.07, 6.45) is 1.13. The molecule has 1 N–H and O–H groups in total. The minimum Gasteiger partial charge on any atom is -0.391 e. The number of aliphatic hydroxyl groups is 1. The summed E-state index contributed by atoms with van der Waals surface area (Å²) in [6.45, 7) is 7.76. The van der Waals surface area contributed by atoms with E-state index in [0.717, 1.165) is 44.0 Å². The molecule has 5 heteroatoms. The number of aliphatic hydroxyl groups excluding tert-OH is 1. The van der Waals surface area contributed by atoms with E-state index in [-0.39, 0.29) is 19.0 Å². The third kappa shape index (κ3) is 4.64. The second kappa shape index (κ2) is 9.07. The van der Waals surface area contributed by atoms with E-state index in [0.29, 0.717) is 0 Å². The first kappa shape index (κ1) is 20.2. The van der Waals surface area contributed by atoms with Crippen molar-refractivity contribution in [2.24, 2.45) is 0 Å². The molecule has 0 bridgehead atoms. The van der Waals surface area contributed by atoms with Crippen LogP contribution >= 0.6 is 23.7 Å². The van der Waals surface area contributed by atoms with Crippen molar-refractivity contribution in [2.45, 2.75) is 20.0 Å². The summed E-state index contributed by atoms with van der Waals surface area (Å²) in [5, 5.41) is 10.7. The Bertz CT molecular complexity index is 870. The van der Waals surface area contributed by atoms with E-state index in [9.17, 15) is 5.11 Å². The Kier molecular flexibility index (Phi) is 6.77. The molecule has 1 aliphatic heterocycles. The van der Waals surface area contributed by atoms with Gasteiger partial charge in [0.1, 0.15) is 0 Å². The normalized spacial score (nSPS) is 15.1. The monoisotopic (exact) mass is 402 g/mol. The van der Waals surface area contributed by atoms with E-state index >= 15 is 0 Å². The topological polar surface area (TPSA) is 26.7 Å². The molecule has 0 radical (unpaired) electrons. The molecule has 1 aliphatic rings. The first-order valence-electron chi connectivity index (χ1n) is 9.38. The molecule has 1 fully saturated rings. The predicted molar refractivity (Wildman–Crippen MR) is 119 cm³/mol. The van der Waals surface area contributed by atoms with Crippen LogP contribution in [0.15, 0.2) is 48.5 Å². The molecule has 4 rings (SSSR count). The number of halogens is 1. The van der Waals surface area contributed by atoms with E-state index in [2.05, 4.69) is 65.3 Å². The molecule has 0 aliphatic carbocycles. The van der Waals surface area contributed by atoms with Crippen molar-refractivity contribution in [3.05, 3.63) is 64.5 Å². The van der Waals surface area contributed by atoms with Crippen molar-refractivity contribution in [3.8, 4) is 0 Å². The molecule has 0 saturated carbocycles. The zero-order valence-corrected chi connectivity index (χ0v) is 17.4. The number of nitrogens with zero attached hydrogens (tertiary/aromatic N) is 2. The highest BCUT2D eigenvalue weighted by atomic mass is 35.5. The molecule has 3 nitrogen and oxygen atoms in total. The SMILES string of the molecule is Cc1ccc(CCN2CCN(c3cccc4sc(CO)cc34)CC2)cc1.Cl. The van der Waals surface area contributed by atoms with Crippen molar-refractivity contribution in [1.29, 1.82) is 0 Å². The standard InChI is InChI=1S/C22H26N2OS.ClH/c1-17-5-7-18(8-6-17)9-10-23-11-13-24(14-12-23)21-3-2-4-22-20(21)15-19(16-25)26-22;/h2-8,15,25H,9-14,16H2,1H3;1H. The molecule has 0 atom stereocenters. The number of fused-ring (bicyclic) bond motifs is 1. The number of hydrogen-bond acceptors (Lipinski definition) is 4. The fourth-order valence-corrected chi connectivity index (χ4v) is 4.65. The summed E-state index contributed by atoms with van der Waals surface area (Å²) >= 11 is 1.70. The summed E-state index contributed by atoms with van der Waals surface area (Å²) in [5.41, 5.74) is 4.07. The molecular weight excluding hydrogens is 376 g/mol. The second-order valence-electron chi connectivity index (χ2n) is 7.12. The third-order valence-electron chi connectivity index (χ3n) is 5.30. The fraction of sp³-hybridized carbons (Fsp3) is 0.364. The van der Waals surface area contributed by atoms with Crippen molar-refractivity contribution >= 4 is 39.5 Å². The summed E-state index contributed by atoms with van der Waals surface area (Å²) in [5.74, 6) is 0. The highest BCUT2D eigenvalue weighted by Crippen LogP contribution is 2.33. The van der Waals surface area contributed by atoms with Gasteiger partial charge in [0, 0.05) is 53.4 Å². The van der Waals surface area contributed by atoms with Gasteiger partial charge in [0.05, 0.1) is 6.61 Å². The van der Waals surface area contributed by atoms with Crippen molar-refractivity contribution in [3.63, 3.8) is 0 Å². The predicted octanol–water partition coefficient (Wildman–Crippen LogP) is 4.49. The lowest BCUT2D eigenvalue weighted by atomic mass is 10.1. The lowest BCUT2D eigenvalue weighted by Crippen LogP contribution is -2.47. The molecule has 0 amide bonds. The lowest BCUT2D eigenvalue weighted by molar-refractivity contribution is 0.261. The number of rotatable bonds is 5. The average Bonchev–Trinajstić information content (AvgIpc) is 3.11. The highest BCUT2D eigenvalue weighted by molar-refractivity contribution is 7.19. The van der Waals surface area contributed by atoms with Gasteiger partial charge >= 0.3 is 0 Å². The first-order valence-corrected chi connectivity index (χ1v) is 10.2. The summed E-state index contributed by atoms with van der Waals surface area (Å²) in [6, 6.07) is 17.6. The molecule has 27 heavy (non-hydrogen) atoms. The van der Waals surface area contributed by atoms with Gasteiger partial charge in [-0.1, -0.05) is 35.9 Å². The van der Waals surface area contributed by atoms with Gasteiger partial charge in [-0.15, -0.1) is 23.7 Å².